The van der Waals surface area contributed by atoms with Crippen LogP contribution in [-0.4, -0.2) is 27.5 Å². The van der Waals surface area contributed by atoms with Gasteiger partial charge < -0.3 is 9.42 Å². The summed E-state index contributed by atoms with van der Waals surface area (Å²) in [5, 5.41) is 6.01. The molecule has 1 amide bonds. The molecule has 1 aliphatic heterocycles. The summed E-state index contributed by atoms with van der Waals surface area (Å²) in [4.78, 5) is 20.0. The summed E-state index contributed by atoms with van der Waals surface area (Å²) in [6.45, 7) is 5.08. The Kier molecular flexibility index (Phi) is 3.49. The van der Waals surface area contributed by atoms with Crippen LogP contribution in [0.15, 0.2) is 52.6 Å². The molecule has 6 heteroatoms. The number of amides is 1. The van der Waals surface area contributed by atoms with Crippen molar-refractivity contribution < 1.29 is 9.32 Å². The second kappa shape index (κ2) is 5.56. The molecule has 3 aromatic heterocycles. The first kappa shape index (κ1) is 15.1. The monoisotopic (exact) mass is 339 g/mol. The lowest BCUT2D eigenvalue weighted by molar-refractivity contribution is -0.0311. The Hall–Kier alpha value is -2.47. The molecule has 5 nitrogen and oxygen atoms in total. The quantitative estimate of drug-likeness (QED) is 0.723. The van der Waals surface area contributed by atoms with Crippen LogP contribution in [0.2, 0.25) is 0 Å². The maximum Gasteiger partial charge on any atom is 0.276 e. The van der Waals surface area contributed by atoms with Gasteiger partial charge in [-0.1, -0.05) is 25.1 Å². The van der Waals surface area contributed by atoms with Crippen molar-refractivity contribution in [3.05, 3.63) is 58.7 Å². The second-order valence-electron chi connectivity index (χ2n) is 6.66. The van der Waals surface area contributed by atoms with Crippen molar-refractivity contribution in [2.24, 2.45) is 5.41 Å². The maximum absolute atomic E-state index is 12.9. The van der Waals surface area contributed by atoms with E-state index in [0.29, 0.717) is 18.0 Å². The predicted octanol–water partition coefficient (Wildman–Crippen LogP) is 4.02. The van der Waals surface area contributed by atoms with Crippen LogP contribution in [0, 0.1) is 5.41 Å². The fraction of sp³-hybridized carbons (Fsp3) is 0.278. The van der Waals surface area contributed by atoms with E-state index in [1.165, 1.54) is 4.88 Å². The van der Waals surface area contributed by atoms with E-state index in [1.807, 2.05) is 28.5 Å². The van der Waals surface area contributed by atoms with Gasteiger partial charge in [0.25, 0.3) is 5.91 Å². The Morgan fingerprint density at radius 2 is 2.25 bits per heavy atom. The summed E-state index contributed by atoms with van der Waals surface area (Å²) in [7, 11) is 0. The minimum atomic E-state index is -0.0911. The molecule has 0 bridgehead atoms. The molecule has 1 saturated heterocycles. The van der Waals surface area contributed by atoms with E-state index in [1.54, 1.807) is 29.8 Å². The minimum Gasteiger partial charge on any atom is -0.355 e. The zero-order chi connectivity index (χ0) is 16.7. The Morgan fingerprint density at radius 1 is 1.38 bits per heavy atom. The van der Waals surface area contributed by atoms with Crippen molar-refractivity contribution in [3.63, 3.8) is 0 Å². The number of likely N-dealkylation sites (tertiary alicyclic amines) is 1. The van der Waals surface area contributed by atoms with Crippen LogP contribution in [0.5, 0.6) is 0 Å². The van der Waals surface area contributed by atoms with E-state index < -0.39 is 0 Å². The smallest absolute Gasteiger partial charge is 0.276 e. The highest BCUT2D eigenvalue weighted by atomic mass is 32.1. The molecule has 0 radical (unpaired) electrons. The second-order valence-corrected chi connectivity index (χ2v) is 7.64. The average molecular weight is 339 g/mol. The number of carbonyl (C=O) groups is 1. The first-order valence-electron chi connectivity index (χ1n) is 7.78. The lowest BCUT2D eigenvalue weighted by atomic mass is 9.74. The number of rotatable bonds is 3. The van der Waals surface area contributed by atoms with Crippen LogP contribution in [0.4, 0.5) is 0 Å². The number of aromatic nitrogens is 2. The summed E-state index contributed by atoms with van der Waals surface area (Å²) in [5.74, 6) is 0.463. The van der Waals surface area contributed by atoms with E-state index in [9.17, 15) is 4.79 Å². The molecule has 1 unspecified atom stereocenters. The van der Waals surface area contributed by atoms with Gasteiger partial charge in [0.1, 0.15) is 0 Å². The summed E-state index contributed by atoms with van der Waals surface area (Å²) >= 11 is 1.68. The summed E-state index contributed by atoms with van der Waals surface area (Å²) in [6.07, 6.45) is 3.38. The van der Waals surface area contributed by atoms with Crippen molar-refractivity contribution in [1.29, 1.82) is 0 Å². The normalized spacial score (nSPS) is 19.1. The van der Waals surface area contributed by atoms with Crippen molar-refractivity contribution >= 4 is 17.2 Å². The van der Waals surface area contributed by atoms with Crippen LogP contribution >= 0.6 is 11.3 Å². The average Bonchev–Trinajstić information content (AvgIpc) is 3.25. The zero-order valence-electron chi connectivity index (χ0n) is 13.5. The Morgan fingerprint density at radius 3 is 2.92 bits per heavy atom. The summed E-state index contributed by atoms with van der Waals surface area (Å²) in [5.41, 5.74) is 1.21. The SMILES string of the molecule is CC1(C)CN(C(=O)c2cc(-c3cccnc3)on2)C1c1cccs1. The molecule has 122 valence electrons. The largest absolute Gasteiger partial charge is 0.355 e. The van der Waals surface area contributed by atoms with Crippen molar-refractivity contribution in [2.45, 2.75) is 19.9 Å². The first-order chi connectivity index (χ1) is 11.6. The fourth-order valence-corrected chi connectivity index (χ4v) is 4.32. The number of hydrogen-bond acceptors (Lipinski definition) is 5. The molecule has 4 rings (SSSR count). The van der Waals surface area contributed by atoms with E-state index in [-0.39, 0.29) is 17.4 Å². The van der Waals surface area contributed by atoms with Crippen molar-refractivity contribution in [2.75, 3.05) is 6.54 Å². The highest BCUT2D eigenvalue weighted by Crippen LogP contribution is 2.50. The zero-order valence-corrected chi connectivity index (χ0v) is 14.3. The van der Waals surface area contributed by atoms with Gasteiger partial charge in [-0.05, 0) is 23.6 Å². The molecule has 0 N–H and O–H groups in total. The fourth-order valence-electron chi connectivity index (χ4n) is 3.27. The number of thiophene rings is 1. The van der Waals surface area contributed by atoms with E-state index >= 15 is 0 Å². The molecule has 3 aromatic rings. The molecular formula is C18H17N3O2S. The summed E-state index contributed by atoms with van der Waals surface area (Å²) < 4.78 is 5.33. The molecule has 0 aliphatic carbocycles. The first-order valence-corrected chi connectivity index (χ1v) is 8.66. The van der Waals surface area contributed by atoms with E-state index in [0.717, 1.165) is 5.56 Å². The third-order valence-corrected chi connectivity index (χ3v) is 5.30. The molecule has 0 aromatic carbocycles. The highest BCUT2D eigenvalue weighted by Gasteiger charge is 2.50. The molecule has 1 fully saturated rings. The number of nitrogens with zero attached hydrogens (tertiary/aromatic N) is 3. The highest BCUT2D eigenvalue weighted by molar-refractivity contribution is 7.10. The van der Waals surface area contributed by atoms with Gasteiger partial charge in [0, 0.05) is 40.9 Å². The van der Waals surface area contributed by atoms with Gasteiger partial charge in [-0.15, -0.1) is 11.3 Å². The van der Waals surface area contributed by atoms with Crippen LogP contribution in [0.25, 0.3) is 11.3 Å². The Bertz CT molecular complexity index is 856. The van der Waals surface area contributed by atoms with Crippen LogP contribution in [-0.2, 0) is 0 Å². The molecule has 1 atom stereocenters. The molecule has 0 spiro atoms. The summed E-state index contributed by atoms with van der Waals surface area (Å²) in [6, 6.07) is 9.58. The number of carbonyl (C=O) groups excluding carboxylic acids is 1. The van der Waals surface area contributed by atoms with Gasteiger partial charge in [0.15, 0.2) is 11.5 Å². The lowest BCUT2D eigenvalue weighted by Gasteiger charge is -2.53. The van der Waals surface area contributed by atoms with Crippen LogP contribution in [0.1, 0.15) is 35.3 Å². The molecule has 0 saturated carbocycles. The Labute approximate surface area is 143 Å². The topological polar surface area (TPSA) is 59.2 Å². The third kappa shape index (κ3) is 2.43. The van der Waals surface area contributed by atoms with Crippen LogP contribution < -0.4 is 0 Å². The maximum atomic E-state index is 12.9. The predicted molar refractivity (Wildman–Crippen MR) is 91.6 cm³/mol. The van der Waals surface area contributed by atoms with Gasteiger partial charge in [0.2, 0.25) is 0 Å². The van der Waals surface area contributed by atoms with Gasteiger partial charge >= 0.3 is 0 Å². The molecule has 24 heavy (non-hydrogen) atoms. The van der Waals surface area contributed by atoms with Crippen molar-refractivity contribution in [1.82, 2.24) is 15.0 Å². The van der Waals surface area contributed by atoms with Crippen molar-refractivity contribution in [3.8, 4) is 11.3 Å². The van der Waals surface area contributed by atoms with E-state index in [4.69, 9.17) is 4.52 Å². The van der Waals surface area contributed by atoms with Crippen LogP contribution in [0.3, 0.4) is 0 Å². The Balaban J connectivity index is 1.60. The van der Waals surface area contributed by atoms with Gasteiger partial charge in [-0.25, -0.2) is 0 Å². The molecule has 1 aliphatic rings. The molecule has 4 heterocycles. The number of pyridine rings is 1. The van der Waals surface area contributed by atoms with Gasteiger partial charge in [0.05, 0.1) is 6.04 Å². The third-order valence-electron chi connectivity index (χ3n) is 4.38. The van der Waals surface area contributed by atoms with E-state index in [2.05, 4.69) is 30.1 Å². The number of hydrogen-bond donors (Lipinski definition) is 0. The van der Waals surface area contributed by atoms with Gasteiger partial charge in [-0.3, -0.25) is 9.78 Å². The standard InChI is InChI=1S/C18H17N3O2S/c1-18(2)11-21(16(18)15-6-4-8-24-15)17(22)13-9-14(23-20-13)12-5-3-7-19-10-12/h3-10,16H,11H2,1-2H3. The molecular weight excluding hydrogens is 322 g/mol. The minimum absolute atomic E-state index is 0.0659. The lowest BCUT2D eigenvalue weighted by Crippen LogP contribution is -2.57. The van der Waals surface area contributed by atoms with Gasteiger partial charge in [-0.2, -0.15) is 0 Å².